The first-order chi connectivity index (χ1) is 15.0. The van der Waals surface area contributed by atoms with Gasteiger partial charge in [0.05, 0.1) is 11.4 Å². The highest BCUT2D eigenvalue weighted by Gasteiger charge is 2.20. The van der Waals surface area contributed by atoms with E-state index in [1.807, 2.05) is 80.7 Å². The van der Waals surface area contributed by atoms with Crippen molar-refractivity contribution in [1.29, 1.82) is 0 Å². The second-order valence-electron chi connectivity index (χ2n) is 7.72. The van der Waals surface area contributed by atoms with E-state index in [4.69, 9.17) is 5.10 Å². The summed E-state index contributed by atoms with van der Waals surface area (Å²) in [6.45, 7) is 4.03. The third-order valence-corrected chi connectivity index (χ3v) is 4.81. The van der Waals surface area contributed by atoms with Crippen molar-refractivity contribution in [2.24, 2.45) is 5.92 Å². The largest absolute Gasteiger partial charge is 0.357 e. The van der Waals surface area contributed by atoms with Crippen molar-refractivity contribution in [3.63, 3.8) is 0 Å². The van der Waals surface area contributed by atoms with Gasteiger partial charge >= 0.3 is 0 Å². The zero-order valence-corrected chi connectivity index (χ0v) is 18.1. The summed E-state index contributed by atoms with van der Waals surface area (Å²) in [7, 11) is 1.57. The van der Waals surface area contributed by atoms with Crippen LogP contribution in [0, 0.1) is 5.92 Å². The summed E-state index contributed by atoms with van der Waals surface area (Å²) in [5, 5.41) is 10.2. The van der Waals surface area contributed by atoms with Gasteiger partial charge in [-0.3, -0.25) is 9.59 Å². The van der Waals surface area contributed by atoms with Crippen LogP contribution in [-0.4, -0.2) is 34.7 Å². The van der Waals surface area contributed by atoms with Gasteiger partial charge in [-0.15, -0.1) is 0 Å². The maximum absolute atomic E-state index is 12.5. The Morgan fingerprint density at radius 1 is 1.03 bits per heavy atom. The summed E-state index contributed by atoms with van der Waals surface area (Å²) in [4.78, 5) is 24.6. The number of carbonyl (C=O) groups is 2. The van der Waals surface area contributed by atoms with Gasteiger partial charge in [-0.2, -0.15) is 5.10 Å². The minimum absolute atomic E-state index is 0.197. The first-order valence-electron chi connectivity index (χ1n) is 10.4. The number of nitrogens with zero attached hydrogens (tertiary/aromatic N) is 2. The van der Waals surface area contributed by atoms with Crippen LogP contribution < -0.4 is 10.6 Å². The molecule has 6 nitrogen and oxygen atoms in total. The third-order valence-electron chi connectivity index (χ3n) is 4.81. The summed E-state index contributed by atoms with van der Waals surface area (Å²) < 4.78 is 1.80. The Morgan fingerprint density at radius 3 is 2.29 bits per heavy atom. The molecule has 0 saturated heterocycles. The number of hydrogen-bond acceptors (Lipinski definition) is 3. The Bertz CT molecular complexity index is 1040. The van der Waals surface area contributed by atoms with Crippen LogP contribution in [0.25, 0.3) is 23.0 Å². The maximum atomic E-state index is 12.5. The predicted molar refractivity (Wildman–Crippen MR) is 123 cm³/mol. The van der Waals surface area contributed by atoms with Crippen LogP contribution in [0.2, 0.25) is 0 Å². The van der Waals surface area contributed by atoms with Crippen molar-refractivity contribution in [2.45, 2.75) is 26.3 Å². The molecule has 2 aromatic carbocycles. The van der Waals surface area contributed by atoms with Crippen LogP contribution in [0.5, 0.6) is 0 Å². The van der Waals surface area contributed by atoms with Crippen LogP contribution in [0.1, 0.15) is 25.8 Å². The Labute approximate surface area is 183 Å². The fraction of sp³-hybridized carbons (Fsp3) is 0.240. The number of benzene rings is 2. The Morgan fingerprint density at radius 2 is 1.68 bits per heavy atom. The molecule has 0 aliphatic rings. The minimum atomic E-state index is -0.567. The normalized spacial score (nSPS) is 12.1. The van der Waals surface area contributed by atoms with Crippen molar-refractivity contribution in [2.75, 3.05) is 7.05 Å². The summed E-state index contributed by atoms with van der Waals surface area (Å²) in [5.74, 6) is -0.238. The fourth-order valence-corrected chi connectivity index (χ4v) is 3.31. The van der Waals surface area contributed by atoms with E-state index in [0.717, 1.165) is 22.5 Å². The molecule has 1 unspecified atom stereocenters. The van der Waals surface area contributed by atoms with Crippen LogP contribution in [0.15, 0.2) is 72.9 Å². The highest BCUT2D eigenvalue weighted by molar-refractivity contribution is 5.96. The lowest BCUT2D eigenvalue weighted by Gasteiger charge is -2.18. The molecule has 0 radical (unpaired) electrons. The maximum Gasteiger partial charge on any atom is 0.244 e. The van der Waals surface area contributed by atoms with Crippen LogP contribution >= 0.6 is 0 Å². The van der Waals surface area contributed by atoms with Gasteiger partial charge in [-0.1, -0.05) is 62.4 Å². The highest BCUT2D eigenvalue weighted by Crippen LogP contribution is 2.24. The van der Waals surface area contributed by atoms with Gasteiger partial charge in [-0.25, -0.2) is 4.68 Å². The number of hydrogen-bond donors (Lipinski definition) is 2. The lowest BCUT2D eigenvalue weighted by atomic mass is 10.0. The summed E-state index contributed by atoms with van der Waals surface area (Å²) in [6.07, 6.45) is 5.65. The molecule has 3 aromatic rings. The van der Waals surface area contributed by atoms with E-state index in [0.29, 0.717) is 6.42 Å². The molecule has 0 bridgehead atoms. The molecule has 3 rings (SSSR count). The molecule has 160 valence electrons. The molecule has 0 fully saturated rings. The summed E-state index contributed by atoms with van der Waals surface area (Å²) in [6, 6.07) is 19.1. The van der Waals surface area contributed by atoms with E-state index < -0.39 is 6.04 Å². The monoisotopic (exact) mass is 416 g/mol. The number of aromatic nitrogens is 2. The Balaban J connectivity index is 1.87. The van der Waals surface area contributed by atoms with Gasteiger partial charge < -0.3 is 10.6 Å². The second-order valence-corrected chi connectivity index (χ2v) is 7.72. The number of carbonyl (C=O) groups excluding carboxylic acids is 2. The summed E-state index contributed by atoms with van der Waals surface area (Å²) in [5.41, 5.74) is 3.48. The average molecular weight is 417 g/mol. The van der Waals surface area contributed by atoms with E-state index in [-0.39, 0.29) is 17.7 Å². The van der Waals surface area contributed by atoms with Crippen molar-refractivity contribution >= 4 is 17.9 Å². The first-order valence-corrected chi connectivity index (χ1v) is 10.4. The van der Waals surface area contributed by atoms with E-state index in [1.54, 1.807) is 17.8 Å². The Kier molecular flexibility index (Phi) is 7.38. The van der Waals surface area contributed by atoms with Gasteiger partial charge in [0.1, 0.15) is 6.04 Å². The molecule has 1 aromatic heterocycles. The smallest absolute Gasteiger partial charge is 0.244 e. The number of rotatable bonds is 8. The molecular weight excluding hydrogens is 388 g/mol. The molecule has 31 heavy (non-hydrogen) atoms. The fourth-order valence-electron chi connectivity index (χ4n) is 3.31. The van der Waals surface area contributed by atoms with Crippen molar-refractivity contribution < 1.29 is 9.59 Å². The second kappa shape index (κ2) is 10.4. The summed E-state index contributed by atoms with van der Waals surface area (Å²) >= 11 is 0. The van der Waals surface area contributed by atoms with Gasteiger partial charge in [0.15, 0.2) is 0 Å². The number of para-hydroxylation sites is 1. The predicted octanol–water partition coefficient (Wildman–Crippen LogP) is 3.83. The van der Waals surface area contributed by atoms with E-state index in [1.165, 1.54) is 6.08 Å². The van der Waals surface area contributed by atoms with E-state index >= 15 is 0 Å². The van der Waals surface area contributed by atoms with Gasteiger partial charge in [0.25, 0.3) is 0 Å². The molecule has 2 N–H and O–H groups in total. The van der Waals surface area contributed by atoms with Gasteiger partial charge in [-0.05, 0) is 30.5 Å². The molecule has 0 aliphatic heterocycles. The van der Waals surface area contributed by atoms with Crippen LogP contribution in [0.4, 0.5) is 0 Å². The van der Waals surface area contributed by atoms with Crippen molar-refractivity contribution in [3.05, 3.63) is 78.5 Å². The van der Waals surface area contributed by atoms with E-state index in [9.17, 15) is 9.59 Å². The zero-order chi connectivity index (χ0) is 22.2. The highest BCUT2D eigenvalue weighted by atomic mass is 16.2. The molecule has 1 heterocycles. The van der Waals surface area contributed by atoms with Gasteiger partial charge in [0, 0.05) is 30.4 Å². The van der Waals surface area contributed by atoms with Crippen LogP contribution in [0.3, 0.4) is 0 Å². The molecular formula is C25H28N4O2. The van der Waals surface area contributed by atoms with Gasteiger partial charge in [0.2, 0.25) is 11.8 Å². The third kappa shape index (κ3) is 5.92. The Hall–Kier alpha value is -3.67. The minimum Gasteiger partial charge on any atom is -0.357 e. The SMILES string of the molecule is CNC(=O)C(CC(C)C)NC(=O)C=Cc1cn(-c2ccccc2)nc1-c1ccccc1. The lowest BCUT2D eigenvalue weighted by Crippen LogP contribution is -2.45. The molecule has 0 saturated carbocycles. The number of amides is 2. The van der Waals surface area contributed by atoms with E-state index in [2.05, 4.69) is 10.6 Å². The van der Waals surface area contributed by atoms with Crippen molar-refractivity contribution in [3.8, 4) is 16.9 Å². The molecule has 0 spiro atoms. The quantitative estimate of drug-likeness (QED) is 0.548. The molecule has 6 heteroatoms. The number of nitrogens with one attached hydrogen (secondary N) is 2. The molecule has 0 aliphatic carbocycles. The van der Waals surface area contributed by atoms with Crippen LogP contribution in [-0.2, 0) is 9.59 Å². The standard InChI is InChI=1S/C25H28N4O2/c1-18(2)16-22(25(31)26-3)27-23(30)15-14-20-17-29(21-12-8-5-9-13-21)28-24(20)19-10-6-4-7-11-19/h4-15,17-18,22H,16H2,1-3H3,(H,26,31)(H,27,30). The number of likely N-dealkylation sites (N-methyl/N-ethyl adjacent to an activating group) is 1. The first kappa shape index (κ1) is 22.0. The lowest BCUT2D eigenvalue weighted by molar-refractivity contribution is -0.127. The van der Waals surface area contributed by atoms with Crippen molar-refractivity contribution in [1.82, 2.24) is 20.4 Å². The molecule has 1 atom stereocenters. The average Bonchev–Trinajstić information content (AvgIpc) is 3.22. The zero-order valence-electron chi connectivity index (χ0n) is 18.1. The topological polar surface area (TPSA) is 76.0 Å². The molecule has 2 amide bonds.